The van der Waals surface area contributed by atoms with E-state index in [4.69, 9.17) is 0 Å². The molecule has 0 aliphatic carbocycles. The summed E-state index contributed by atoms with van der Waals surface area (Å²) in [7, 11) is 0. The molecule has 5 heteroatoms. The van der Waals surface area contributed by atoms with E-state index in [-0.39, 0.29) is 16.4 Å². The Bertz CT molecular complexity index is 1080. The first-order valence-corrected chi connectivity index (χ1v) is 10.0. The summed E-state index contributed by atoms with van der Waals surface area (Å²) < 4.78 is 0. The van der Waals surface area contributed by atoms with Crippen molar-refractivity contribution in [3.8, 4) is 11.1 Å². The number of benzene rings is 3. The summed E-state index contributed by atoms with van der Waals surface area (Å²) in [6, 6.07) is 22.6. The zero-order chi connectivity index (χ0) is 20.9. The van der Waals surface area contributed by atoms with Gasteiger partial charge in [0.1, 0.15) is 5.69 Å². The number of nitrogens with zero attached hydrogens (tertiary/aromatic N) is 2. The monoisotopic (exact) mass is 398 g/mol. The Balaban J connectivity index is 1.51. The maximum atomic E-state index is 12.5. The number of allylic oxidation sites excluding steroid dienone is 1. The van der Waals surface area contributed by atoms with Crippen LogP contribution in [0.25, 0.3) is 17.2 Å². The van der Waals surface area contributed by atoms with Crippen molar-refractivity contribution in [2.75, 3.05) is 18.0 Å². The molecule has 0 saturated carbocycles. The first-order chi connectivity index (χ1) is 14.6. The lowest BCUT2D eigenvalue weighted by molar-refractivity contribution is -0.384. The second-order valence-electron chi connectivity index (χ2n) is 7.34. The van der Waals surface area contributed by atoms with Crippen molar-refractivity contribution in [3.05, 3.63) is 100 Å². The summed E-state index contributed by atoms with van der Waals surface area (Å²) in [5.41, 5.74) is 4.09. The fourth-order valence-electron chi connectivity index (χ4n) is 3.74. The molecular weight excluding hydrogens is 376 g/mol. The summed E-state index contributed by atoms with van der Waals surface area (Å²) in [5.74, 6) is -0.138. The van der Waals surface area contributed by atoms with Gasteiger partial charge < -0.3 is 4.90 Å². The van der Waals surface area contributed by atoms with E-state index in [2.05, 4.69) is 0 Å². The number of nitro benzene ring substituents is 1. The normalized spacial score (nSPS) is 13.7. The quantitative estimate of drug-likeness (QED) is 0.229. The van der Waals surface area contributed by atoms with Crippen molar-refractivity contribution >= 4 is 23.2 Å². The van der Waals surface area contributed by atoms with Crippen LogP contribution in [-0.4, -0.2) is 23.8 Å². The fourth-order valence-corrected chi connectivity index (χ4v) is 3.74. The third-order valence-electron chi connectivity index (χ3n) is 5.35. The van der Waals surface area contributed by atoms with Crippen LogP contribution in [0.1, 0.15) is 28.8 Å². The van der Waals surface area contributed by atoms with Crippen LogP contribution in [0.4, 0.5) is 11.4 Å². The van der Waals surface area contributed by atoms with Crippen LogP contribution < -0.4 is 4.90 Å². The Morgan fingerprint density at radius 3 is 2.23 bits per heavy atom. The molecule has 5 nitrogen and oxygen atoms in total. The lowest BCUT2D eigenvalue weighted by Crippen LogP contribution is -2.18. The number of carbonyl (C=O) groups excluding carboxylic acids is 1. The minimum absolute atomic E-state index is 0.0821. The van der Waals surface area contributed by atoms with E-state index in [0.29, 0.717) is 16.8 Å². The molecule has 0 spiro atoms. The van der Waals surface area contributed by atoms with E-state index in [0.717, 1.165) is 37.1 Å². The van der Waals surface area contributed by atoms with Crippen LogP contribution in [0.2, 0.25) is 0 Å². The number of rotatable bonds is 6. The largest absolute Gasteiger partial charge is 0.366 e. The molecule has 0 amide bonds. The lowest BCUT2D eigenvalue weighted by atomic mass is 10.0. The molecule has 0 bridgehead atoms. The smallest absolute Gasteiger partial charge is 0.293 e. The number of hydrogen-bond donors (Lipinski definition) is 0. The van der Waals surface area contributed by atoms with Crippen molar-refractivity contribution < 1.29 is 9.72 Å². The molecule has 0 aromatic heterocycles. The third kappa shape index (κ3) is 4.30. The Morgan fingerprint density at radius 2 is 1.57 bits per heavy atom. The molecule has 0 atom stereocenters. The number of carbonyl (C=O) groups is 1. The third-order valence-corrected chi connectivity index (χ3v) is 5.35. The van der Waals surface area contributed by atoms with Gasteiger partial charge in [-0.05, 0) is 41.7 Å². The molecule has 1 aliphatic heterocycles. The minimum atomic E-state index is -0.352. The van der Waals surface area contributed by atoms with Crippen LogP contribution in [0.15, 0.2) is 78.9 Å². The molecule has 0 unspecified atom stereocenters. The van der Waals surface area contributed by atoms with Gasteiger partial charge in [-0.3, -0.25) is 14.9 Å². The van der Waals surface area contributed by atoms with Crippen LogP contribution in [0, 0.1) is 10.1 Å². The highest BCUT2D eigenvalue weighted by atomic mass is 16.6. The summed E-state index contributed by atoms with van der Waals surface area (Å²) in [5, 5.41) is 11.5. The van der Waals surface area contributed by atoms with Gasteiger partial charge in [0.15, 0.2) is 5.78 Å². The average molecular weight is 398 g/mol. The van der Waals surface area contributed by atoms with Crippen molar-refractivity contribution in [2.24, 2.45) is 0 Å². The molecule has 30 heavy (non-hydrogen) atoms. The number of ketones is 1. The van der Waals surface area contributed by atoms with Crippen LogP contribution >= 0.6 is 0 Å². The molecule has 3 aromatic carbocycles. The molecule has 0 N–H and O–H groups in total. The van der Waals surface area contributed by atoms with Crippen molar-refractivity contribution in [3.63, 3.8) is 0 Å². The number of nitro groups is 1. The van der Waals surface area contributed by atoms with E-state index in [1.165, 1.54) is 12.1 Å². The van der Waals surface area contributed by atoms with Crippen LogP contribution in [0.5, 0.6) is 0 Å². The van der Waals surface area contributed by atoms with Gasteiger partial charge in [0.05, 0.1) is 4.92 Å². The van der Waals surface area contributed by atoms with Gasteiger partial charge in [0.25, 0.3) is 5.69 Å². The van der Waals surface area contributed by atoms with E-state index < -0.39 is 0 Å². The Hall–Kier alpha value is -3.73. The van der Waals surface area contributed by atoms with E-state index >= 15 is 0 Å². The van der Waals surface area contributed by atoms with Crippen LogP contribution in [0.3, 0.4) is 0 Å². The number of anilines is 1. The Kier molecular flexibility index (Phi) is 5.70. The van der Waals surface area contributed by atoms with Crippen molar-refractivity contribution in [2.45, 2.75) is 12.8 Å². The van der Waals surface area contributed by atoms with Gasteiger partial charge in [-0.25, -0.2) is 0 Å². The zero-order valence-electron chi connectivity index (χ0n) is 16.5. The summed E-state index contributed by atoms with van der Waals surface area (Å²) in [4.78, 5) is 25.8. The molecule has 1 heterocycles. The SMILES string of the molecule is O=C(C=Cc1ccc(N2CCCC2)c([N+](=O)[O-])c1)c1ccc(-c2ccccc2)cc1. The van der Waals surface area contributed by atoms with E-state index in [1.54, 1.807) is 24.3 Å². The first kappa shape index (κ1) is 19.6. The summed E-state index contributed by atoms with van der Waals surface area (Å²) in [6.45, 7) is 1.68. The predicted octanol–water partition coefficient (Wildman–Crippen LogP) is 5.76. The first-order valence-electron chi connectivity index (χ1n) is 10.0. The Labute approximate surface area is 175 Å². The molecule has 150 valence electrons. The molecule has 1 saturated heterocycles. The highest BCUT2D eigenvalue weighted by Crippen LogP contribution is 2.32. The standard InChI is InChI=1S/C25H22N2O3/c28-25(22-12-10-21(11-13-22)20-6-2-1-3-7-20)15-9-19-8-14-23(24(18-19)27(29)30)26-16-4-5-17-26/h1-3,6-15,18H,4-5,16-17H2. The molecule has 4 rings (SSSR count). The highest BCUT2D eigenvalue weighted by Gasteiger charge is 2.22. The fraction of sp³-hybridized carbons (Fsp3) is 0.160. The second-order valence-corrected chi connectivity index (χ2v) is 7.34. The number of hydrogen-bond acceptors (Lipinski definition) is 4. The van der Waals surface area contributed by atoms with E-state index in [9.17, 15) is 14.9 Å². The van der Waals surface area contributed by atoms with Gasteiger partial charge in [0, 0.05) is 24.7 Å². The van der Waals surface area contributed by atoms with Gasteiger partial charge in [0.2, 0.25) is 0 Å². The van der Waals surface area contributed by atoms with E-state index in [1.807, 2.05) is 53.4 Å². The van der Waals surface area contributed by atoms with Crippen LogP contribution in [-0.2, 0) is 0 Å². The molecule has 1 aliphatic rings. The average Bonchev–Trinajstić information content (AvgIpc) is 3.33. The van der Waals surface area contributed by atoms with Gasteiger partial charge >= 0.3 is 0 Å². The maximum absolute atomic E-state index is 12.5. The topological polar surface area (TPSA) is 63.5 Å². The maximum Gasteiger partial charge on any atom is 0.293 e. The summed E-state index contributed by atoms with van der Waals surface area (Å²) >= 11 is 0. The zero-order valence-corrected chi connectivity index (χ0v) is 16.5. The Morgan fingerprint density at radius 1 is 0.900 bits per heavy atom. The van der Waals surface area contributed by atoms with Gasteiger partial charge in [-0.15, -0.1) is 0 Å². The summed E-state index contributed by atoms with van der Waals surface area (Å²) in [6.07, 6.45) is 5.20. The lowest BCUT2D eigenvalue weighted by Gasteiger charge is -2.17. The minimum Gasteiger partial charge on any atom is -0.366 e. The van der Waals surface area contributed by atoms with Crippen molar-refractivity contribution in [1.29, 1.82) is 0 Å². The van der Waals surface area contributed by atoms with Gasteiger partial charge in [-0.1, -0.05) is 66.7 Å². The molecule has 1 fully saturated rings. The van der Waals surface area contributed by atoms with Gasteiger partial charge in [-0.2, -0.15) is 0 Å². The second kappa shape index (κ2) is 8.74. The van der Waals surface area contributed by atoms with Crippen molar-refractivity contribution in [1.82, 2.24) is 0 Å². The highest BCUT2D eigenvalue weighted by molar-refractivity contribution is 6.07. The molecule has 3 aromatic rings. The predicted molar refractivity (Wildman–Crippen MR) is 120 cm³/mol. The molecule has 0 radical (unpaired) electrons. The molecular formula is C25H22N2O3.